The Balaban J connectivity index is 1.70. The number of carbonyl (C=O) groups is 2. The van der Waals surface area contributed by atoms with E-state index in [9.17, 15) is 9.59 Å². The van der Waals surface area contributed by atoms with Crippen molar-refractivity contribution in [3.63, 3.8) is 0 Å². The standard InChI is InChI=1S/C24H31ClN4O2/c1-16(2)20-13-21-22(30)28(14-17-9-7-8-12-19(17)25)24(3,15-29(21)27-20)23(31)26-18-10-5-4-6-11-18/h7-9,12-13,16,18H,4-6,10-11,14-15H2,1-3H3,(H,26,31)/t24-/m1/s1. The van der Waals surface area contributed by atoms with Crippen LogP contribution in [0.2, 0.25) is 5.02 Å². The summed E-state index contributed by atoms with van der Waals surface area (Å²) in [5.41, 5.74) is 1.16. The van der Waals surface area contributed by atoms with E-state index in [0.717, 1.165) is 36.9 Å². The Morgan fingerprint density at radius 1 is 1.26 bits per heavy atom. The first kappa shape index (κ1) is 21.9. The average molecular weight is 443 g/mol. The molecule has 1 atom stereocenters. The highest BCUT2D eigenvalue weighted by molar-refractivity contribution is 6.31. The molecule has 1 fully saturated rings. The summed E-state index contributed by atoms with van der Waals surface area (Å²) in [6, 6.07) is 9.50. The Kier molecular flexibility index (Phi) is 6.11. The largest absolute Gasteiger partial charge is 0.351 e. The second kappa shape index (κ2) is 8.65. The van der Waals surface area contributed by atoms with E-state index in [0.29, 0.717) is 17.3 Å². The maximum Gasteiger partial charge on any atom is 0.273 e. The minimum Gasteiger partial charge on any atom is -0.351 e. The van der Waals surface area contributed by atoms with Gasteiger partial charge in [-0.15, -0.1) is 0 Å². The molecule has 31 heavy (non-hydrogen) atoms. The van der Waals surface area contributed by atoms with E-state index < -0.39 is 5.54 Å². The number of nitrogens with one attached hydrogen (secondary N) is 1. The van der Waals surface area contributed by atoms with Crippen LogP contribution in [0.1, 0.15) is 80.5 Å². The van der Waals surface area contributed by atoms with Crippen LogP contribution in [0.15, 0.2) is 30.3 Å². The molecule has 2 aromatic rings. The molecule has 1 aromatic carbocycles. The van der Waals surface area contributed by atoms with Crippen molar-refractivity contribution in [2.45, 2.75) is 83.5 Å². The molecule has 1 aliphatic carbocycles. The van der Waals surface area contributed by atoms with Crippen molar-refractivity contribution in [2.24, 2.45) is 0 Å². The van der Waals surface area contributed by atoms with Gasteiger partial charge in [0.05, 0.1) is 12.2 Å². The highest BCUT2D eigenvalue weighted by Gasteiger charge is 2.48. The van der Waals surface area contributed by atoms with Crippen molar-refractivity contribution >= 4 is 23.4 Å². The van der Waals surface area contributed by atoms with E-state index in [1.54, 1.807) is 9.58 Å². The summed E-state index contributed by atoms with van der Waals surface area (Å²) in [4.78, 5) is 28.9. The van der Waals surface area contributed by atoms with Crippen LogP contribution in [-0.4, -0.2) is 38.1 Å². The summed E-state index contributed by atoms with van der Waals surface area (Å²) in [5, 5.41) is 8.47. The first-order valence-electron chi connectivity index (χ1n) is 11.2. The molecule has 0 unspecified atom stereocenters. The monoisotopic (exact) mass is 442 g/mol. The lowest BCUT2D eigenvalue weighted by atomic mass is 9.91. The van der Waals surface area contributed by atoms with Crippen molar-refractivity contribution in [3.05, 3.63) is 52.3 Å². The second-order valence-corrected chi connectivity index (χ2v) is 9.74. The fourth-order valence-electron chi connectivity index (χ4n) is 4.58. The summed E-state index contributed by atoms with van der Waals surface area (Å²) < 4.78 is 1.71. The molecular weight excluding hydrogens is 412 g/mol. The highest BCUT2D eigenvalue weighted by atomic mass is 35.5. The van der Waals surface area contributed by atoms with Gasteiger partial charge >= 0.3 is 0 Å². The van der Waals surface area contributed by atoms with Crippen molar-refractivity contribution in [3.8, 4) is 0 Å². The first-order chi connectivity index (χ1) is 14.8. The van der Waals surface area contributed by atoms with E-state index in [2.05, 4.69) is 24.3 Å². The van der Waals surface area contributed by atoms with E-state index in [4.69, 9.17) is 11.6 Å². The lowest BCUT2D eigenvalue weighted by Gasteiger charge is -2.44. The van der Waals surface area contributed by atoms with E-state index >= 15 is 0 Å². The lowest BCUT2D eigenvalue weighted by Crippen LogP contribution is -2.64. The fourth-order valence-corrected chi connectivity index (χ4v) is 4.77. The third-order valence-electron chi connectivity index (χ3n) is 6.62. The number of aromatic nitrogens is 2. The van der Waals surface area contributed by atoms with Gasteiger partial charge in [0.1, 0.15) is 11.2 Å². The number of fused-ring (bicyclic) bond motifs is 1. The van der Waals surface area contributed by atoms with Crippen LogP contribution in [0.5, 0.6) is 0 Å². The Morgan fingerprint density at radius 3 is 2.65 bits per heavy atom. The maximum absolute atomic E-state index is 13.6. The number of halogens is 1. The number of nitrogens with zero attached hydrogens (tertiary/aromatic N) is 3. The van der Waals surface area contributed by atoms with Gasteiger partial charge in [0.15, 0.2) is 0 Å². The van der Waals surface area contributed by atoms with Gasteiger partial charge in [-0.1, -0.05) is 62.9 Å². The van der Waals surface area contributed by atoms with E-state index in [1.165, 1.54) is 6.42 Å². The molecule has 0 radical (unpaired) electrons. The molecule has 1 saturated carbocycles. The number of benzene rings is 1. The van der Waals surface area contributed by atoms with Gasteiger partial charge in [-0.05, 0) is 43.4 Å². The van der Waals surface area contributed by atoms with E-state index in [1.807, 2.05) is 37.3 Å². The first-order valence-corrected chi connectivity index (χ1v) is 11.6. The Labute approximate surface area is 188 Å². The highest BCUT2D eigenvalue weighted by Crippen LogP contribution is 2.32. The summed E-state index contributed by atoms with van der Waals surface area (Å²) >= 11 is 6.41. The molecule has 2 amide bonds. The molecule has 4 rings (SSSR count). The zero-order valence-electron chi connectivity index (χ0n) is 18.5. The van der Waals surface area contributed by atoms with Gasteiger partial charge in [0, 0.05) is 17.6 Å². The van der Waals surface area contributed by atoms with Crippen molar-refractivity contribution in [2.75, 3.05) is 0 Å². The summed E-state index contributed by atoms with van der Waals surface area (Å²) in [6.07, 6.45) is 5.46. The van der Waals surface area contributed by atoms with Crippen LogP contribution in [0.3, 0.4) is 0 Å². The van der Waals surface area contributed by atoms with Crippen molar-refractivity contribution in [1.29, 1.82) is 0 Å². The van der Waals surface area contributed by atoms with Gasteiger partial charge in [0.2, 0.25) is 5.91 Å². The molecule has 2 aliphatic rings. The van der Waals surface area contributed by atoms with Crippen LogP contribution in [0.4, 0.5) is 0 Å². The molecule has 0 bridgehead atoms. The molecule has 6 nitrogen and oxygen atoms in total. The molecule has 0 saturated heterocycles. The quantitative estimate of drug-likeness (QED) is 0.740. The Bertz CT molecular complexity index is 980. The van der Waals surface area contributed by atoms with E-state index in [-0.39, 0.29) is 30.3 Å². The number of hydrogen-bond donors (Lipinski definition) is 1. The summed E-state index contributed by atoms with van der Waals surface area (Å²) in [5.74, 6) is -0.107. The van der Waals surface area contributed by atoms with Gasteiger partial charge in [0.25, 0.3) is 5.91 Å². The maximum atomic E-state index is 13.6. The molecule has 1 aliphatic heterocycles. The van der Waals surface area contributed by atoms with Gasteiger partial charge < -0.3 is 10.2 Å². The van der Waals surface area contributed by atoms with Gasteiger partial charge in [-0.25, -0.2) is 0 Å². The molecule has 166 valence electrons. The van der Waals surface area contributed by atoms with Crippen LogP contribution < -0.4 is 5.32 Å². The Hall–Kier alpha value is -2.34. The minimum atomic E-state index is -1.05. The summed E-state index contributed by atoms with van der Waals surface area (Å²) in [6.45, 7) is 6.54. The van der Waals surface area contributed by atoms with Crippen LogP contribution in [0.25, 0.3) is 0 Å². The number of amides is 2. The molecule has 0 spiro atoms. The van der Waals surface area contributed by atoms with Crippen molar-refractivity contribution < 1.29 is 9.59 Å². The van der Waals surface area contributed by atoms with Crippen LogP contribution in [-0.2, 0) is 17.9 Å². The van der Waals surface area contributed by atoms with Crippen LogP contribution >= 0.6 is 11.6 Å². The molecule has 7 heteroatoms. The number of hydrogen-bond acceptors (Lipinski definition) is 3. The number of carbonyl (C=O) groups excluding carboxylic acids is 2. The SMILES string of the molecule is CC(C)c1cc2n(n1)C[C@](C)(C(=O)NC1CCCCC1)N(Cc1ccccc1Cl)C2=O. The Morgan fingerprint density at radius 2 is 1.97 bits per heavy atom. The lowest BCUT2D eigenvalue weighted by molar-refractivity contribution is -0.134. The third kappa shape index (κ3) is 4.22. The average Bonchev–Trinajstić information content (AvgIpc) is 3.17. The van der Waals surface area contributed by atoms with Gasteiger partial charge in [-0.3, -0.25) is 14.3 Å². The van der Waals surface area contributed by atoms with Gasteiger partial charge in [-0.2, -0.15) is 5.10 Å². The number of rotatable bonds is 5. The molecule has 2 heterocycles. The normalized spacial score (nSPS) is 22.0. The molecule has 1 N–H and O–H groups in total. The predicted molar refractivity (Wildman–Crippen MR) is 121 cm³/mol. The fraction of sp³-hybridized carbons (Fsp3) is 0.542. The van der Waals surface area contributed by atoms with Crippen LogP contribution in [0, 0.1) is 0 Å². The molecular formula is C24H31ClN4O2. The molecule has 1 aromatic heterocycles. The predicted octanol–water partition coefficient (Wildman–Crippen LogP) is 4.52. The third-order valence-corrected chi connectivity index (χ3v) is 6.99. The zero-order valence-corrected chi connectivity index (χ0v) is 19.3. The summed E-state index contributed by atoms with van der Waals surface area (Å²) in [7, 11) is 0. The smallest absolute Gasteiger partial charge is 0.273 e. The van der Waals surface area contributed by atoms with Crippen molar-refractivity contribution in [1.82, 2.24) is 20.0 Å². The zero-order chi connectivity index (χ0) is 22.2. The second-order valence-electron chi connectivity index (χ2n) is 9.33. The topological polar surface area (TPSA) is 67.2 Å². The minimum absolute atomic E-state index is 0.118.